The number of carbonyl (C=O) groups is 1. The van der Waals surface area contributed by atoms with Crippen LogP contribution in [0.5, 0.6) is 0 Å². The van der Waals surface area contributed by atoms with Crippen LogP contribution < -0.4 is 0 Å². The fourth-order valence-electron chi connectivity index (χ4n) is 0.998. The Morgan fingerprint density at radius 2 is 1.54 bits per heavy atom. The predicted octanol–water partition coefficient (Wildman–Crippen LogP) is 0.938. The van der Waals surface area contributed by atoms with Gasteiger partial charge in [0.15, 0.2) is 0 Å². The minimum Gasteiger partial charge on any atom is -0.465 e. The standard InChI is InChI=1S/C6H12N2O2.C2H6.Es/c1-7-2-4-8(5-3-7)6(9)10;1-2;/h2-5H2,1H3,(H,9,10);1-2H3;. The zero-order chi connectivity index (χ0) is 9.56. The maximum Gasteiger partial charge on any atom is 0.407 e. The molecule has 1 heterocycles. The maximum absolute atomic E-state index is 10.4. The van der Waals surface area contributed by atoms with Crippen LogP contribution in [-0.4, -0.2) is 54.2 Å². The van der Waals surface area contributed by atoms with Crippen molar-refractivity contribution in [3.05, 3.63) is 0 Å². The second-order valence-electron chi connectivity index (χ2n) is 2.57. The van der Waals surface area contributed by atoms with E-state index in [-0.39, 0.29) is 0 Å². The van der Waals surface area contributed by atoms with Gasteiger partial charge in [-0.15, -0.1) is 0 Å². The molecule has 1 saturated heterocycles. The molecule has 0 atom stereocenters. The topological polar surface area (TPSA) is 43.8 Å². The largest absolute Gasteiger partial charge is 0.465 e. The molecule has 1 N–H and O–H groups in total. The summed E-state index contributed by atoms with van der Waals surface area (Å²) in [4.78, 5) is 13.9. The van der Waals surface area contributed by atoms with Crippen LogP contribution in [-0.2, 0) is 0 Å². The van der Waals surface area contributed by atoms with Gasteiger partial charge in [0.05, 0.1) is 0 Å². The summed E-state index contributed by atoms with van der Waals surface area (Å²) >= 11 is 0. The van der Waals surface area contributed by atoms with E-state index in [1.54, 1.807) is 0 Å². The normalized spacial score (nSPS) is 16.7. The molecule has 5 heteroatoms. The summed E-state index contributed by atoms with van der Waals surface area (Å²) < 4.78 is 0. The van der Waals surface area contributed by atoms with E-state index in [9.17, 15) is 4.79 Å². The van der Waals surface area contributed by atoms with Gasteiger partial charge in [-0.05, 0) is 7.05 Å². The minimum atomic E-state index is -0.798. The average molecular weight is 426 g/mol. The SMILES string of the molecule is CC.CN1CCN(C(=O)O)CC1.[Es]. The molecule has 1 radical (unpaired) electrons. The fraction of sp³-hybridized carbons (Fsp3) is 0.875. The molecule has 0 aliphatic carbocycles. The smallest absolute Gasteiger partial charge is 0.407 e. The van der Waals surface area contributed by atoms with Gasteiger partial charge < -0.3 is 14.9 Å². The average Bonchev–Trinajstić information content (AvgIpc) is 2.09. The third-order valence-electron chi connectivity index (χ3n) is 1.77. The number of nitrogens with zero attached hydrogens (tertiary/aromatic N) is 2. The van der Waals surface area contributed by atoms with Crippen LogP contribution in [0.2, 0.25) is 0 Å². The summed E-state index contributed by atoms with van der Waals surface area (Å²) in [6.07, 6.45) is -0.798. The van der Waals surface area contributed by atoms with Gasteiger partial charge >= 0.3 is 6.09 Å². The summed E-state index contributed by atoms with van der Waals surface area (Å²) in [5.41, 5.74) is 0. The molecule has 0 aromatic carbocycles. The summed E-state index contributed by atoms with van der Waals surface area (Å²) in [6.45, 7) is 7.00. The van der Waals surface area contributed by atoms with Gasteiger partial charge in [-0.1, -0.05) is 13.8 Å². The summed E-state index contributed by atoms with van der Waals surface area (Å²) in [7, 11) is 2.00. The van der Waals surface area contributed by atoms with Crippen molar-refractivity contribution in [2.24, 2.45) is 0 Å². The van der Waals surface area contributed by atoms with Crippen molar-refractivity contribution in [1.82, 2.24) is 9.80 Å². The molecule has 0 spiro atoms. The van der Waals surface area contributed by atoms with Crippen LogP contribution >= 0.6 is 0 Å². The molecule has 0 unspecified atom stereocenters. The van der Waals surface area contributed by atoms with Crippen molar-refractivity contribution in [3.8, 4) is 0 Å². The van der Waals surface area contributed by atoms with Crippen LogP contribution in [0, 0.1) is 0 Å². The molecular formula is C8H18EsN2O2. The Hall–Kier alpha value is -1.77. The van der Waals surface area contributed by atoms with Gasteiger partial charge in [0.1, 0.15) is 0 Å². The quantitative estimate of drug-likeness (QED) is 0.628. The zero-order valence-electron chi connectivity index (χ0n) is 8.38. The van der Waals surface area contributed by atoms with E-state index in [1.807, 2.05) is 20.9 Å². The summed E-state index contributed by atoms with van der Waals surface area (Å²) in [6, 6.07) is 0. The molecule has 0 aromatic rings. The van der Waals surface area contributed by atoms with Gasteiger partial charge in [-0.3, -0.25) is 0 Å². The number of piperazine rings is 1. The molecule has 1 rings (SSSR count). The van der Waals surface area contributed by atoms with E-state index >= 15 is 0 Å². The van der Waals surface area contributed by atoms with Gasteiger partial charge in [0, 0.05) is 26.2 Å². The van der Waals surface area contributed by atoms with E-state index in [4.69, 9.17) is 5.11 Å². The summed E-state index contributed by atoms with van der Waals surface area (Å²) in [5.74, 6) is 0. The Morgan fingerprint density at radius 1 is 1.15 bits per heavy atom. The molecule has 1 aliphatic rings. The van der Waals surface area contributed by atoms with Crippen LogP contribution in [0.4, 0.5) is 4.79 Å². The predicted molar refractivity (Wildman–Crippen MR) is 48.4 cm³/mol. The molecule has 1 fully saturated rings. The molecule has 4 nitrogen and oxygen atoms in total. The molecular weight excluding hydrogens is 408 g/mol. The van der Waals surface area contributed by atoms with Crippen molar-refractivity contribution >= 4 is 6.09 Å². The summed E-state index contributed by atoms with van der Waals surface area (Å²) in [5, 5.41) is 8.53. The first-order valence-corrected chi connectivity index (χ1v) is 4.36. The van der Waals surface area contributed by atoms with Gasteiger partial charge in [-0.2, -0.15) is 0 Å². The number of amides is 1. The van der Waals surface area contributed by atoms with Crippen molar-refractivity contribution < 1.29 is 9.90 Å². The number of hydrogen-bond acceptors (Lipinski definition) is 2. The Balaban J connectivity index is 0. The Kier molecular flexibility index (Phi) is 7.33. The van der Waals surface area contributed by atoms with Crippen molar-refractivity contribution in [2.45, 2.75) is 13.8 Å². The van der Waals surface area contributed by atoms with Crippen LogP contribution in [0.3, 0.4) is 0 Å². The number of carboxylic acid groups (broad SMARTS) is 1. The van der Waals surface area contributed by atoms with Crippen LogP contribution in [0.25, 0.3) is 0 Å². The minimum absolute atomic E-state index is 0. The Morgan fingerprint density at radius 3 is 1.85 bits per heavy atom. The molecule has 13 heavy (non-hydrogen) atoms. The molecule has 83 valence electrons. The van der Waals surface area contributed by atoms with E-state index in [2.05, 4.69) is 4.90 Å². The molecule has 0 aromatic heterocycles. The molecule has 1 amide bonds. The van der Waals surface area contributed by atoms with Gasteiger partial charge in [-0.25, -0.2) is 4.79 Å². The first kappa shape index (κ1) is 13.8. The van der Waals surface area contributed by atoms with E-state index < -0.39 is 6.09 Å². The molecule has 1 aliphatic heterocycles. The number of likely N-dealkylation sites (N-methyl/N-ethyl adjacent to an activating group) is 1. The third-order valence-corrected chi connectivity index (χ3v) is 1.77. The first-order chi connectivity index (χ1) is 5.70. The number of hydrogen-bond donors (Lipinski definition) is 1. The third kappa shape index (κ3) is 4.63. The Labute approximate surface area is 73.8 Å². The van der Waals surface area contributed by atoms with E-state index in [0.717, 1.165) is 13.1 Å². The fourth-order valence-corrected chi connectivity index (χ4v) is 0.998. The van der Waals surface area contributed by atoms with E-state index in [0.29, 0.717) is 13.1 Å². The molecule has 0 saturated carbocycles. The molecule has 0 bridgehead atoms. The number of rotatable bonds is 0. The monoisotopic (exact) mass is 426 g/mol. The zero-order valence-corrected chi connectivity index (χ0v) is 10.9. The maximum atomic E-state index is 10.4. The first-order valence-electron chi connectivity index (χ1n) is 4.36. The van der Waals surface area contributed by atoms with Crippen molar-refractivity contribution in [2.75, 3.05) is 33.2 Å². The van der Waals surface area contributed by atoms with E-state index in [1.165, 1.54) is 4.90 Å². The van der Waals surface area contributed by atoms with Gasteiger partial charge in [0.25, 0.3) is 0 Å². The second-order valence-corrected chi connectivity index (χ2v) is 2.57. The van der Waals surface area contributed by atoms with Crippen LogP contribution in [0.1, 0.15) is 13.8 Å². The van der Waals surface area contributed by atoms with Gasteiger partial charge in [0.2, 0.25) is 0 Å². The van der Waals surface area contributed by atoms with Crippen molar-refractivity contribution in [3.63, 3.8) is 0 Å². The van der Waals surface area contributed by atoms with Crippen molar-refractivity contribution in [1.29, 1.82) is 0 Å². The second kappa shape index (κ2) is 6.91. The Bertz CT molecular complexity index is 136. The van der Waals surface area contributed by atoms with Crippen LogP contribution in [0.15, 0.2) is 0 Å².